The van der Waals surface area contributed by atoms with Gasteiger partial charge in [0, 0.05) is 14.0 Å². The Bertz CT molecular complexity index is 638. The molecular weight excluding hydrogens is 407 g/mol. The van der Waals surface area contributed by atoms with E-state index in [1.165, 1.54) is 0 Å². The van der Waals surface area contributed by atoms with Crippen molar-refractivity contribution in [2.45, 2.75) is 6.42 Å². The Hall–Kier alpha value is -1.04. The molecule has 0 atom stereocenters. The second-order valence-corrected chi connectivity index (χ2v) is 6.35. The van der Waals surface area contributed by atoms with Gasteiger partial charge in [-0.3, -0.25) is 4.79 Å². The number of carbonyl (C=O) groups is 1. The third-order valence-corrected chi connectivity index (χ3v) is 4.11. The van der Waals surface area contributed by atoms with Crippen molar-refractivity contribution in [1.29, 1.82) is 0 Å². The van der Waals surface area contributed by atoms with Crippen LogP contribution < -0.4 is 11.1 Å². The van der Waals surface area contributed by atoms with Crippen LogP contribution in [0.3, 0.4) is 0 Å². The highest BCUT2D eigenvalue weighted by Crippen LogP contribution is 2.32. The van der Waals surface area contributed by atoms with E-state index in [4.69, 9.17) is 17.3 Å². The third-order valence-electron chi connectivity index (χ3n) is 2.66. The molecule has 6 heteroatoms. The van der Waals surface area contributed by atoms with E-state index in [0.717, 1.165) is 14.5 Å². The standard InChI is InChI=1S/C14H11Br2ClN2O/c15-9-6-10(16)14(12(18)7-9)19-13(20)5-8-3-1-2-4-11(8)17/h1-4,6-7H,5,18H2,(H,19,20). The molecule has 2 aromatic carbocycles. The number of rotatable bonds is 3. The van der Waals surface area contributed by atoms with Crippen molar-refractivity contribution < 1.29 is 4.79 Å². The molecule has 2 aromatic rings. The largest absolute Gasteiger partial charge is 0.397 e. The predicted molar refractivity (Wildman–Crippen MR) is 90.0 cm³/mol. The molecule has 0 saturated carbocycles. The lowest BCUT2D eigenvalue weighted by Crippen LogP contribution is -2.16. The summed E-state index contributed by atoms with van der Waals surface area (Å²) in [5.41, 5.74) is 7.71. The van der Waals surface area contributed by atoms with Crippen molar-refractivity contribution in [1.82, 2.24) is 0 Å². The second kappa shape index (κ2) is 6.61. The summed E-state index contributed by atoms with van der Waals surface area (Å²) in [4.78, 5) is 12.1. The molecule has 0 aliphatic heterocycles. The minimum absolute atomic E-state index is 0.173. The van der Waals surface area contributed by atoms with Crippen LogP contribution in [0.2, 0.25) is 5.02 Å². The molecule has 2 rings (SSSR count). The monoisotopic (exact) mass is 416 g/mol. The van der Waals surface area contributed by atoms with Crippen LogP contribution >= 0.6 is 43.5 Å². The maximum Gasteiger partial charge on any atom is 0.228 e. The molecule has 0 aromatic heterocycles. The number of nitrogen functional groups attached to an aromatic ring is 1. The number of amides is 1. The molecule has 20 heavy (non-hydrogen) atoms. The maximum atomic E-state index is 12.1. The lowest BCUT2D eigenvalue weighted by Gasteiger charge is -2.11. The second-order valence-electron chi connectivity index (χ2n) is 4.17. The Kier molecular flexibility index (Phi) is 5.07. The molecule has 0 fully saturated rings. The molecule has 0 unspecified atom stereocenters. The molecule has 0 aliphatic carbocycles. The highest BCUT2D eigenvalue weighted by atomic mass is 79.9. The van der Waals surface area contributed by atoms with Crippen molar-refractivity contribution in [2.24, 2.45) is 0 Å². The SMILES string of the molecule is Nc1cc(Br)cc(Br)c1NC(=O)Cc1ccccc1Cl. The normalized spacial score (nSPS) is 10.3. The summed E-state index contributed by atoms with van der Waals surface area (Å²) in [6.07, 6.45) is 0.196. The zero-order valence-corrected chi connectivity index (χ0v) is 14.2. The van der Waals surface area contributed by atoms with E-state index in [1.807, 2.05) is 24.3 Å². The number of anilines is 2. The van der Waals surface area contributed by atoms with Crippen molar-refractivity contribution in [3.63, 3.8) is 0 Å². The summed E-state index contributed by atoms with van der Waals surface area (Å²) in [6.45, 7) is 0. The van der Waals surface area contributed by atoms with Crippen molar-refractivity contribution in [3.8, 4) is 0 Å². The highest BCUT2D eigenvalue weighted by molar-refractivity contribution is 9.11. The van der Waals surface area contributed by atoms with Crippen LogP contribution in [0.4, 0.5) is 11.4 Å². The summed E-state index contributed by atoms with van der Waals surface area (Å²) in [5.74, 6) is -0.173. The van der Waals surface area contributed by atoms with E-state index < -0.39 is 0 Å². The maximum absolute atomic E-state index is 12.1. The molecule has 1 amide bonds. The third kappa shape index (κ3) is 3.75. The van der Waals surface area contributed by atoms with Gasteiger partial charge in [-0.15, -0.1) is 0 Å². The summed E-state index contributed by atoms with van der Waals surface area (Å²) >= 11 is 12.7. The average molecular weight is 419 g/mol. The van der Waals surface area contributed by atoms with E-state index in [2.05, 4.69) is 37.2 Å². The van der Waals surface area contributed by atoms with Gasteiger partial charge in [0.15, 0.2) is 0 Å². The molecule has 0 spiro atoms. The highest BCUT2D eigenvalue weighted by Gasteiger charge is 2.12. The summed E-state index contributed by atoms with van der Waals surface area (Å²) in [5, 5.41) is 3.37. The first-order valence-corrected chi connectivity index (χ1v) is 7.71. The Morgan fingerprint density at radius 2 is 1.95 bits per heavy atom. The molecule has 104 valence electrons. The minimum atomic E-state index is -0.173. The zero-order chi connectivity index (χ0) is 14.7. The molecule has 0 heterocycles. The quantitative estimate of drug-likeness (QED) is 0.714. The number of nitrogens with two attached hydrogens (primary N) is 1. The number of benzene rings is 2. The van der Waals surface area contributed by atoms with Gasteiger partial charge >= 0.3 is 0 Å². The van der Waals surface area contributed by atoms with Gasteiger partial charge in [0.25, 0.3) is 0 Å². The first kappa shape index (κ1) is 15.4. The lowest BCUT2D eigenvalue weighted by atomic mass is 10.1. The number of halogens is 3. The van der Waals surface area contributed by atoms with Crippen molar-refractivity contribution >= 4 is 60.7 Å². The van der Waals surface area contributed by atoms with Crippen molar-refractivity contribution in [2.75, 3.05) is 11.1 Å². The number of nitrogens with one attached hydrogen (secondary N) is 1. The first-order valence-electron chi connectivity index (χ1n) is 5.75. The minimum Gasteiger partial charge on any atom is -0.397 e. The van der Waals surface area contributed by atoms with Crippen LogP contribution in [0.25, 0.3) is 0 Å². The molecule has 0 radical (unpaired) electrons. The average Bonchev–Trinajstić information content (AvgIpc) is 2.36. The van der Waals surface area contributed by atoms with Crippen LogP contribution in [0.5, 0.6) is 0 Å². The molecule has 0 saturated heterocycles. The number of hydrogen-bond donors (Lipinski definition) is 2. The van der Waals surface area contributed by atoms with Crippen LogP contribution in [0.15, 0.2) is 45.3 Å². The Morgan fingerprint density at radius 3 is 2.60 bits per heavy atom. The van der Waals surface area contributed by atoms with Gasteiger partial charge in [-0.05, 0) is 39.7 Å². The first-order chi connectivity index (χ1) is 9.47. The summed E-state index contributed by atoms with van der Waals surface area (Å²) in [7, 11) is 0. The van der Waals surface area contributed by atoms with Gasteiger partial charge in [0.2, 0.25) is 5.91 Å². The topological polar surface area (TPSA) is 55.1 Å². The summed E-state index contributed by atoms with van der Waals surface area (Å²) in [6, 6.07) is 10.8. The Labute approximate surface area is 138 Å². The Balaban J connectivity index is 2.15. The fraction of sp³-hybridized carbons (Fsp3) is 0.0714. The summed E-state index contributed by atoms with van der Waals surface area (Å²) < 4.78 is 1.56. The Morgan fingerprint density at radius 1 is 1.25 bits per heavy atom. The van der Waals surface area contributed by atoms with E-state index in [1.54, 1.807) is 12.1 Å². The van der Waals surface area contributed by atoms with Crippen LogP contribution in [-0.4, -0.2) is 5.91 Å². The van der Waals surface area contributed by atoms with Gasteiger partial charge in [-0.25, -0.2) is 0 Å². The van der Waals surface area contributed by atoms with Crippen LogP contribution in [0, 0.1) is 0 Å². The van der Waals surface area contributed by atoms with Gasteiger partial charge in [-0.1, -0.05) is 45.7 Å². The van der Waals surface area contributed by atoms with Crippen molar-refractivity contribution in [3.05, 3.63) is 55.9 Å². The molecule has 0 aliphatic rings. The fourth-order valence-corrected chi connectivity index (χ4v) is 3.28. The van der Waals surface area contributed by atoms with Gasteiger partial charge < -0.3 is 11.1 Å². The smallest absolute Gasteiger partial charge is 0.228 e. The fourth-order valence-electron chi connectivity index (χ4n) is 1.72. The van der Waals surface area contributed by atoms with E-state index >= 15 is 0 Å². The number of carbonyl (C=O) groups excluding carboxylic acids is 1. The lowest BCUT2D eigenvalue weighted by molar-refractivity contribution is -0.115. The van der Waals surface area contributed by atoms with Gasteiger partial charge in [0.05, 0.1) is 17.8 Å². The van der Waals surface area contributed by atoms with Crippen LogP contribution in [-0.2, 0) is 11.2 Å². The predicted octanol–water partition coefficient (Wildman–Crippen LogP) is 4.63. The molecule has 3 nitrogen and oxygen atoms in total. The van der Waals surface area contributed by atoms with Gasteiger partial charge in [-0.2, -0.15) is 0 Å². The van der Waals surface area contributed by atoms with E-state index in [-0.39, 0.29) is 12.3 Å². The van der Waals surface area contributed by atoms with Gasteiger partial charge in [0.1, 0.15) is 0 Å². The molecule has 3 N–H and O–H groups in total. The zero-order valence-electron chi connectivity index (χ0n) is 10.3. The van der Waals surface area contributed by atoms with E-state index in [0.29, 0.717) is 16.4 Å². The molecule has 0 bridgehead atoms. The van der Waals surface area contributed by atoms with Crippen LogP contribution in [0.1, 0.15) is 5.56 Å². The van der Waals surface area contributed by atoms with E-state index in [9.17, 15) is 4.79 Å². The molecular formula is C14H11Br2ClN2O. The number of hydrogen-bond acceptors (Lipinski definition) is 2.